The molecule has 2 aliphatic heterocycles. The molecular formula is C40H46N2O6. The number of aliphatic hydroxyl groups excluding tert-OH is 2. The quantitative estimate of drug-likeness (QED) is 0.139. The molecule has 0 aromatic heterocycles. The van der Waals surface area contributed by atoms with E-state index >= 15 is 0 Å². The van der Waals surface area contributed by atoms with Crippen LogP contribution >= 0.6 is 0 Å². The van der Waals surface area contributed by atoms with E-state index in [1.54, 1.807) is 19.2 Å². The number of phenolic OH excluding ortho intramolecular Hbond substituents is 1. The molecule has 3 N–H and O–H groups in total. The topological polar surface area (TPSA) is 111 Å². The number of likely N-dealkylation sites (tertiary alicyclic amines) is 2. The minimum atomic E-state index is -0.956. The molecule has 3 aliphatic rings. The van der Waals surface area contributed by atoms with E-state index < -0.39 is 23.9 Å². The van der Waals surface area contributed by atoms with Gasteiger partial charge in [-0.15, -0.1) is 0 Å². The molecule has 48 heavy (non-hydrogen) atoms. The van der Waals surface area contributed by atoms with Crippen molar-refractivity contribution in [3.05, 3.63) is 113 Å². The predicted octanol–water partition coefficient (Wildman–Crippen LogP) is 5.29. The van der Waals surface area contributed by atoms with Gasteiger partial charge in [-0.3, -0.25) is 19.4 Å². The maximum Gasteiger partial charge on any atom is 0.234 e. The Hall–Kier alpha value is -4.08. The summed E-state index contributed by atoms with van der Waals surface area (Å²) in [5.74, 6) is -2.17. The standard InChI is InChI=1S/C40H46N2O6/c1-48-26-31-23-33-38(40(47)42(39(33)46)32-18-20-41(21-19-32)24-27-10-4-2-5-11-27)34(25-43)37(31)36(45)17-16-29(28-12-6-3-7-13-28)22-30-14-8-9-15-35(30)44/h2-15,22,32-34,36,38,43-45H,16-21,23-26H2,1H3/b29-22-/t33-,34+,36-,38-/m1/s1. The molecule has 0 unspecified atom stereocenters. The van der Waals surface area contributed by atoms with Gasteiger partial charge in [0.15, 0.2) is 0 Å². The van der Waals surface area contributed by atoms with Gasteiger partial charge in [-0.05, 0) is 72.1 Å². The summed E-state index contributed by atoms with van der Waals surface area (Å²) in [5.41, 5.74) is 5.25. The fourth-order valence-corrected chi connectivity index (χ4v) is 8.02. The van der Waals surface area contributed by atoms with Gasteiger partial charge in [0.25, 0.3) is 0 Å². The lowest BCUT2D eigenvalue weighted by Gasteiger charge is -2.37. The number of hydrogen-bond donors (Lipinski definition) is 3. The van der Waals surface area contributed by atoms with Gasteiger partial charge in [0.2, 0.25) is 11.8 Å². The van der Waals surface area contributed by atoms with Crippen LogP contribution in [0.25, 0.3) is 11.6 Å². The molecule has 252 valence electrons. The number of aromatic hydroxyl groups is 1. The molecule has 2 fully saturated rings. The molecule has 3 aromatic rings. The largest absolute Gasteiger partial charge is 0.507 e. The summed E-state index contributed by atoms with van der Waals surface area (Å²) in [4.78, 5) is 31.9. The van der Waals surface area contributed by atoms with Crippen LogP contribution in [0.4, 0.5) is 0 Å². The zero-order valence-electron chi connectivity index (χ0n) is 27.6. The lowest BCUT2D eigenvalue weighted by molar-refractivity contribution is -0.144. The summed E-state index contributed by atoms with van der Waals surface area (Å²) in [6.07, 6.45) is 3.55. The molecule has 8 nitrogen and oxygen atoms in total. The Labute approximate surface area is 283 Å². The maximum atomic E-state index is 14.1. The molecule has 2 saturated heterocycles. The fourth-order valence-electron chi connectivity index (χ4n) is 8.02. The van der Waals surface area contributed by atoms with Gasteiger partial charge < -0.3 is 20.1 Å². The van der Waals surface area contributed by atoms with Crippen LogP contribution in [0.15, 0.2) is 96.1 Å². The highest BCUT2D eigenvalue weighted by atomic mass is 16.5. The number of aliphatic hydroxyl groups is 2. The van der Waals surface area contributed by atoms with Crippen molar-refractivity contribution >= 4 is 23.5 Å². The molecule has 0 spiro atoms. The Bertz CT molecular complexity index is 1630. The van der Waals surface area contributed by atoms with E-state index in [-0.39, 0.29) is 36.8 Å². The van der Waals surface area contributed by atoms with Crippen LogP contribution in [0, 0.1) is 17.8 Å². The summed E-state index contributed by atoms with van der Waals surface area (Å²) >= 11 is 0. The first-order valence-corrected chi connectivity index (χ1v) is 17.1. The number of rotatable bonds is 12. The molecule has 6 rings (SSSR count). The normalized spacial score (nSPS) is 23.1. The second-order valence-electron chi connectivity index (χ2n) is 13.3. The van der Waals surface area contributed by atoms with Crippen molar-refractivity contribution in [2.75, 3.05) is 33.4 Å². The Morgan fingerprint density at radius 1 is 0.938 bits per heavy atom. The van der Waals surface area contributed by atoms with Crippen LogP contribution in [-0.2, 0) is 20.9 Å². The van der Waals surface area contributed by atoms with Crippen molar-refractivity contribution in [2.24, 2.45) is 17.8 Å². The predicted molar refractivity (Wildman–Crippen MR) is 185 cm³/mol. The number of benzene rings is 3. The third-order valence-electron chi connectivity index (χ3n) is 10.4. The van der Waals surface area contributed by atoms with Gasteiger partial charge in [-0.1, -0.05) is 78.9 Å². The van der Waals surface area contributed by atoms with Crippen LogP contribution < -0.4 is 0 Å². The van der Waals surface area contributed by atoms with Gasteiger partial charge >= 0.3 is 0 Å². The molecular weight excluding hydrogens is 604 g/mol. The zero-order chi connectivity index (χ0) is 33.6. The van der Waals surface area contributed by atoms with E-state index in [0.717, 1.165) is 36.3 Å². The summed E-state index contributed by atoms with van der Waals surface area (Å²) in [6, 6.07) is 27.1. The number of fused-ring (bicyclic) bond motifs is 1. The van der Waals surface area contributed by atoms with Gasteiger partial charge in [-0.25, -0.2) is 0 Å². The van der Waals surface area contributed by atoms with Crippen LogP contribution in [0.1, 0.15) is 48.8 Å². The van der Waals surface area contributed by atoms with Crippen molar-refractivity contribution < 1.29 is 29.6 Å². The number of methoxy groups -OCH3 is 1. The van der Waals surface area contributed by atoms with Crippen molar-refractivity contribution in [2.45, 2.75) is 50.8 Å². The lowest BCUT2D eigenvalue weighted by Crippen LogP contribution is -2.47. The average Bonchev–Trinajstić information content (AvgIpc) is 3.36. The maximum absolute atomic E-state index is 14.1. The van der Waals surface area contributed by atoms with E-state index in [0.29, 0.717) is 43.2 Å². The van der Waals surface area contributed by atoms with Crippen LogP contribution in [0.3, 0.4) is 0 Å². The number of carbonyl (C=O) groups excluding carboxylic acids is 2. The molecule has 0 radical (unpaired) electrons. The van der Waals surface area contributed by atoms with Crippen molar-refractivity contribution in [1.82, 2.24) is 9.80 Å². The smallest absolute Gasteiger partial charge is 0.234 e. The number of imide groups is 1. The number of allylic oxidation sites excluding steroid dienone is 1. The van der Waals surface area contributed by atoms with Gasteiger partial charge in [0.1, 0.15) is 5.75 Å². The average molecular weight is 651 g/mol. The molecule has 0 bridgehead atoms. The number of hydrogen-bond acceptors (Lipinski definition) is 7. The van der Waals surface area contributed by atoms with E-state index in [4.69, 9.17) is 4.74 Å². The minimum Gasteiger partial charge on any atom is -0.507 e. The molecule has 2 amide bonds. The minimum absolute atomic E-state index is 0.163. The summed E-state index contributed by atoms with van der Waals surface area (Å²) in [6.45, 7) is 2.30. The number of amides is 2. The van der Waals surface area contributed by atoms with E-state index in [1.165, 1.54) is 10.5 Å². The van der Waals surface area contributed by atoms with Crippen molar-refractivity contribution in [3.8, 4) is 5.75 Å². The third-order valence-corrected chi connectivity index (χ3v) is 10.4. The SMILES string of the molecule is COCC1=C([C@H](O)CC/C(=C/c2ccccc2O)c2ccccc2)[C@H](CO)[C@@H]2C(=O)N(C3CCN(Cc4ccccc4)CC3)C(=O)[C@@H]2C1. The number of carbonyl (C=O) groups is 2. The monoisotopic (exact) mass is 650 g/mol. The fraction of sp³-hybridized carbons (Fsp3) is 0.400. The Balaban J connectivity index is 1.20. The molecule has 8 heteroatoms. The Kier molecular flexibility index (Phi) is 10.9. The summed E-state index contributed by atoms with van der Waals surface area (Å²) in [5, 5.41) is 33.1. The number of piperidine rings is 1. The van der Waals surface area contributed by atoms with Gasteiger partial charge in [0, 0.05) is 44.3 Å². The van der Waals surface area contributed by atoms with Crippen molar-refractivity contribution in [1.29, 1.82) is 0 Å². The summed E-state index contributed by atoms with van der Waals surface area (Å²) < 4.78 is 5.55. The van der Waals surface area contributed by atoms with Crippen molar-refractivity contribution in [3.63, 3.8) is 0 Å². The highest BCUT2D eigenvalue weighted by Crippen LogP contribution is 2.47. The molecule has 0 saturated carbocycles. The Morgan fingerprint density at radius 2 is 1.60 bits per heavy atom. The highest BCUT2D eigenvalue weighted by molar-refractivity contribution is 6.06. The first-order chi connectivity index (χ1) is 23.4. The number of nitrogens with zero attached hydrogens (tertiary/aromatic N) is 2. The van der Waals surface area contributed by atoms with Gasteiger partial charge in [-0.2, -0.15) is 0 Å². The first kappa shape index (κ1) is 33.8. The van der Waals surface area contributed by atoms with E-state index in [1.807, 2.05) is 66.7 Å². The van der Waals surface area contributed by atoms with Crippen LogP contribution in [-0.4, -0.2) is 82.5 Å². The van der Waals surface area contributed by atoms with Crippen LogP contribution in [0.2, 0.25) is 0 Å². The lowest BCUT2D eigenvalue weighted by atomic mass is 9.68. The number of ether oxygens (including phenoxy) is 1. The third kappa shape index (κ3) is 7.17. The second-order valence-corrected chi connectivity index (χ2v) is 13.3. The molecule has 3 aromatic carbocycles. The van der Waals surface area contributed by atoms with Crippen LogP contribution in [0.5, 0.6) is 5.75 Å². The molecule has 1 aliphatic carbocycles. The zero-order valence-corrected chi connectivity index (χ0v) is 27.6. The van der Waals surface area contributed by atoms with E-state index in [9.17, 15) is 24.9 Å². The van der Waals surface area contributed by atoms with E-state index in [2.05, 4.69) is 17.0 Å². The second kappa shape index (κ2) is 15.4. The Morgan fingerprint density at radius 3 is 2.27 bits per heavy atom. The molecule has 4 atom stereocenters. The highest BCUT2D eigenvalue weighted by Gasteiger charge is 2.56. The van der Waals surface area contributed by atoms with Gasteiger partial charge in [0.05, 0.1) is 31.2 Å². The molecule has 2 heterocycles. The summed E-state index contributed by atoms with van der Waals surface area (Å²) in [7, 11) is 1.58. The first-order valence-electron chi connectivity index (χ1n) is 17.1. The number of phenols is 1. The number of para-hydroxylation sites is 1.